The van der Waals surface area contributed by atoms with E-state index >= 15 is 0 Å². The number of carbonyl (C=O) groups is 2. The van der Waals surface area contributed by atoms with Crippen LogP contribution < -0.4 is 4.90 Å². The van der Waals surface area contributed by atoms with Gasteiger partial charge in [0.15, 0.2) is 0 Å². The molecule has 0 aliphatic carbocycles. The van der Waals surface area contributed by atoms with Gasteiger partial charge in [-0.25, -0.2) is 4.79 Å². The van der Waals surface area contributed by atoms with E-state index in [-0.39, 0.29) is 29.9 Å². The predicted molar refractivity (Wildman–Crippen MR) is 95.3 cm³/mol. The number of amides is 2. The molecule has 1 atom stereocenters. The number of piperidine rings is 1. The first-order valence-electron chi connectivity index (χ1n) is 8.94. The summed E-state index contributed by atoms with van der Waals surface area (Å²) in [6.07, 6.45) is 1.56. The minimum Gasteiger partial charge on any atom is -0.444 e. The van der Waals surface area contributed by atoms with Gasteiger partial charge < -0.3 is 14.1 Å². The van der Waals surface area contributed by atoms with E-state index in [4.69, 9.17) is 20.8 Å². The van der Waals surface area contributed by atoms with Gasteiger partial charge in [-0.05, 0) is 39.5 Å². The van der Waals surface area contributed by atoms with Gasteiger partial charge in [0.25, 0.3) is 0 Å². The number of ether oxygens (including phenoxy) is 1. The van der Waals surface area contributed by atoms with Gasteiger partial charge >= 0.3 is 12.1 Å². The van der Waals surface area contributed by atoms with E-state index in [9.17, 15) is 9.59 Å². The Morgan fingerprint density at radius 1 is 1.31 bits per heavy atom. The number of nitrogens with zero attached hydrogens (tertiary/aromatic N) is 4. The topological polar surface area (TPSA) is 88.8 Å². The Kier molecular flexibility index (Phi) is 5.41. The van der Waals surface area contributed by atoms with Gasteiger partial charge in [-0.1, -0.05) is 5.10 Å². The highest BCUT2D eigenvalue weighted by molar-refractivity contribution is 6.18. The number of rotatable bonds is 3. The lowest BCUT2D eigenvalue weighted by Crippen LogP contribution is -2.41. The molecule has 2 aliphatic rings. The molecule has 1 aromatic heterocycles. The smallest absolute Gasteiger partial charge is 0.410 e. The fourth-order valence-electron chi connectivity index (χ4n) is 3.21. The summed E-state index contributed by atoms with van der Waals surface area (Å²) in [6, 6.07) is 0.243. The van der Waals surface area contributed by atoms with Crippen molar-refractivity contribution < 1.29 is 18.7 Å². The van der Waals surface area contributed by atoms with E-state index in [2.05, 4.69) is 10.2 Å². The van der Waals surface area contributed by atoms with E-state index < -0.39 is 5.60 Å². The number of anilines is 1. The Hall–Kier alpha value is -1.83. The molecule has 0 N–H and O–H groups in total. The first-order valence-corrected chi connectivity index (χ1v) is 9.48. The van der Waals surface area contributed by atoms with Crippen LogP contribution in [0.4, 0.5) is 10.8 Å². The normalized spacial score (nSPS) is 22.2. The van der Waals surface area contributed by atoms with Gasteiger partial charge in [0, 0.05) is 37.9 Å². The van der Waals surface area contributed by atoms with Crippen molar-refractivity contribution in [2.24, 2.45) is 5.92 Å². The molecule has 2 fully saturated rings. The van der Waals surface area contributed by atoms with Crippen LogP contribution in [0.25, 0.3) is 0 Å². The Labute approximate surface area is 157 Å². The largest absolute Gasteiger partial charge is 0.444 e. The molecule has 3 heterocycles. The number of alkyl halides is 1. The maximum Gasteiger partial charge on any atom is 0.410 e. The highest BCUT2D eigenvalue weighted by Gasteiger charge is 2.35. The molecule has 0 spiro atoms. The molecule has 1 unspecified atom stereocenters. The highest BCUT2D eigenvalue weighted by Crippen LogP contribution is 2.31. The number of hydrogen-bond acceptors (Lipinski definition) is 6. The van der Waals surface area contributed by atoms with E-state index in [1.807, 2.05) is 20.8 Å². The summed E-state index contributed by atoms with van der Waals surface area (Å²) < 4.78 is 11.2. The fraction of sp³-hybridized carbons (Fsp3) is 0.765. The van der Waals surface area contributed by atoms with E-state index in [0.29, 0.717) is 37.8 Å². The van der Waals surface area contributed by atoms with Gasteiger partial charge in [0.2, 0.25) is 11.8 Å². The Balaban J connectivity index is 1.57. The third-order valence-electron chi connectivity index (χ3n) is 4.58. The van der Waals surface area contributed by atoms with Crippen molar-refractivity contribution in [1.29, 1.82) is 0 Å². The zero-order valence-corrected chi connectivity index (χ0v) is 16.2. The lowest BCUT2D eigenvalue weighted by Gasteiger charge is -2.32. The minimum absolute atomic E-state index is 0.0365. The van der Waals surface area contributed by atoms with Crippen LogP contribution in [-0.4, -0.2) is 58.2 Å². The SMILES string of the molecule is CC(C)(C)OC(=O)N1CCC(c2nnc(N3CC(CCl)CC3=O)o2)CC1. The van der Waals surface area contributed by atoms with Crippen molar-refractivity contribution in [2.45, 2.75) is 51.6 Å². The summed E-state index contributed by atoms with van der Waals surface area (Å²) in [7, 11) is 0. The van der Waals surface area contributed by atoms with Gasteiger partial charge in [-0.15, -0.1) is 16.7 Å². The van der Waals surface area contributed by atoms with Gasteiger partial charge in [-0.3, -0.25) is 9.69 Å². The standard InChI is InChI=1S/C17H25ClN4O4/c1-17(2,3)26-16(24)21-6-4-12(5-7-21)14-19-20-15(25-14)22-10-11(9-18)8-13(22)23/h11-12H,4-10H2,1-3H3. The predicted octanol–water partition coefficient (Wildman–Crippen LogP) is 2.78. The van der Waals surface area contributed by atoms with Crippen LogP contribution in [0.2, 0.25) is 0 Å². The first kappa shape index (κ1) is 18.9. The summed E-state index contributed by atoms with van der Waals surface area (Å²) >= 11 is 5.84. The van der Waals surface area contributed by atoms with Crippen molar-refractivity contribution >= 4 is 29.6 Å². The molecule has 0 radical (unpaired) electrons. The molecule has 0 aromatic carbocycles. The molecular formula is C17H25ClN4O4. The zero-order chi connectivity index (χ0) is 18.9. The zero-order valence-electron chi connectivity index (χ0n) is 15.4. The molecule has 2 aliphatic heterocycles. The van der Waals surface area contributed by atoms with Crippen molar-refractivity contribution in [3.05, 3.63) is 5.89 Å². The Bertz CT molecular complexity index is 664. The summed E-state index contributed by atoms with van der Waals surface area (Å²) in [4.78, 5) is 27.4. The lowest BCUT2D eigenvalue weighted by atomic mass is 9.97. The summed E-state index contributed by atoms with van der Waals surface area (Å²) in [5, 5.41) is 8.16. The second kappa shape index (κ2) is 7.42. The third kappa shape index (κ3) is 4.28. The molecule has 3 rings (SSSR count). The molecule has 1 aromatic rings. The van der Waals surface area contributed by atoms with Crippen LogP contribution in [0.1, 0.15) is 51.8 Å². The second-order valence-corrected chi connectivity index (χ2v) is 8.20. The summed E-state index contributed by atoms with van der Waals surface area (Å²) in [5.41, 5.74) is -0.502. The van der Waals surface area contributed by atoms with Gasteiger partial charge in [0.1, 0.15) is 5.60 Å². The first-order chi connectivity index (χ1) is 12.3. The van der Waals surface area contributed by atoms with Crippen LogP contribution in [-0.2, 0) is 9.53 Å². The fourth-order valence-corrected chi connectivity index (χ4v) is 3.41. The van der Waals surface area contributed by atoms with E-state index in [1.54, 1.807) is 4.90 Å². The molecule has 144 valence electrons. The molecule has 2 amide bonds. The van der Waals surface area contributed by atoms with Crippen LogP contribution in [0, 0.1) is 5.92 Å². The van der Waals surface area contributed by atoms with Crippen molar-refractivity contribution in [3.8, 4) is 0 Å². The number of carbonyl (C=O) groups excluding carboxylic acids is 2. The molecule has 0 saturated carbocycles. The van der Waals surface area contributed by atoms with E-state index in [1.165, 1.54) is 4.90 Å². The average Bonchev–Trinajstić information content (AvgIpc) is 3.19. The lowest BCUT2D eigenvalue weighted by molar-refractivity contribution is -0.117. The molecule has 2 saturated heterocycles. The number of halogens is 1. The maximum atomic E-state index is 12.1. The molecular weight excluding hydrogens is 360 g/mol. The molecule has 9 heteroatoms. The number of hydrogen-bond donors (Lipinski definition) is 0. The monoisotopic (exact) mass is 384 g/mol. The second-order valence-electron chi connectivity index (χ2n) is 7.89. The molecule has 0 bridgehead atoms. The molecule has 26 heavy (non-hydrogen) atoms. The summed E-state index contributed by atoms with van der Waals surface area (Å²) in [5.74, 6) is 1.12. The van der Waals surface area contributed by atoms with Crippen LogP contribution in [0.5, 0.6) is 0 Å². The maximum absolute atomic E-state index is 12.1. The van der Waals surface area contributed by atoms with E-state index in [0.717, 1.165) is 12.8 Å². The molecule has 8 nitrogen and oxygen atoms in total. The van der Waals surface area contributed by atoms with Gasteiger partial charge in [0.05, 0.1) is 0 Å². The number of likely N-dealkylation sites (tertiary alicyclic amines) is 1. The quantitative estimate of drug-likeness (QED) is 0.744. The third-order valence-corrected chi connectivity index (χ3v) is 5.02. The van der Waals surface area contributed by atoms with Gasteiger partial charge in [-0.2, -0.15) is 0 Å². The summed E-state index contributed by atoms with van der Waals surface area (Å²) in [6.45, 7) is 7.23. The van der Waals surface area contributed by atoms with Crippen LogP contribution in [0.15, 0.2) is 4.42 Å². The average molecular weight is 385 g/mol. The van der Waals surface area contributed by atoms with Crippen molar-refractivity contribution in [1.82, 2.24) is 15.1 Å². The Morgan fingerprint density at radius 2 is 2.00 bits per heavy atom. The van der Waals surface area contributed by atoms with Crippen molar-refractivity contribution in [2.75, 3.05) is 30.4 Å². The minimum atomic E-state index is -0.502. The van der Waals surface area contributed by atoms with Crippen LogP contribution >= 0.6 is 11.6 Å². The number of aromatic nitrogens is 2. The Morgan fingerprint density at radius 3 is 2.58 bits per heavy atom. The highest BCUT2D eigenvalue weighted by atomic mass is 35.5. The van der Waals surface area contributed by atoms with Crippen molar-refractivity contribution in [3.63, 3.8) is 0 Å². The van der Waals surface area contributed by atoms with Crippen LogP contribution in [0.3, 0.4) is 0 Å².